The third-order valence-corrected chi connectivity index (χ3v) is 1.21. The number of hydrogen-bond donors (Lipinski definition) is 2. The third kappa shape index (κ3) is 6.71. The van der Waals surface area contributed by atoms with Crippen LogP contribution in [-0.4, -0.2) is 25.4 Å². The van der Waals surface area contributed by atoms with Gasteiger partial charge in [0.25, 0.3) is 0 Å². The minimum Gasteiger partial charge on any atom is -0.445 e. The predicted octanol–water partition coefficient (Wildman–Crippen LogP) is 0.289. The molecule has 78 valence electrons. The van der Waals surface area contributed by atoms with Crippen molar-refractivity contribution in [2.24, 2.45) is 11.5 Å². The highest BCUT2D eigenvalue weighted by atomic mass is 16.5. The van der Waals surface area contributed by atoms with E-state index in [4.69, 9.17) is 11.5 Å². The monoisotopic (exact) mass is 200 g/mol. The van der Waals surface area contributed by atoms with Crippen molar-refractivity contribution in [3.05, 3.63) is 24.3 Å². The summed E-state index contributed by atoms with van der Waals surface area (Å²) >= 11 is 0. The van der Waals surface area contributed by atoms with E-state index in [1.807, 2.05) is 0 Å². The minimum absolute atomic E-state index is 0.00118. The molecule has 0 aromatic heterocycles. The SMILES string of the molecule is C=C/C(=C/COC(N)=O)COC(N)=O. The van der Waals surface area contributed by atoms with Crippen LogP contribution in [0.1, 0.15) is 0 Å². The van der Waals surface area contributed by atoms with E-state index in [2.05, 4.69) is 16.1 Å². The van der Waals surface area contributed by atoms with Gasteiger partial charge in [0.2, 0.25) is 0 Å². The van der Waals surface area contributed by atoms with Gasteiger partial charge in [0.05, 0.1) is 0 Å². The van der Waals surface area contributed by atoms with Gasteiger partial charge in [-0.15, -0.1) is 0 Å². The summed E-state index contributed by atoms with van der Waals surface area (Å²) in [6.45, 7) is 3.45. The number of amides is 2. The Labute approximate surface area is 81.1 Å². The van der Waals surface area contributed by atoms with Crippen LogP contribution in [0.3, 0.4) is 0 Å². The maximum Gasteiger partial charge on any atom is 0.404 e. The van der Waals surface area contributed by atoms with Crippen LogP contribution >= 0.6 is 0 Å². The molecular weight excluding hydrogens is 188 g/mol. The lowest BCUT2D eigenvalue weighted by Crippen LogP contribution is -2.15. The Bertz CT molecular complexity index is 260. The van der Waals surface area contributed by atoms with Crippen LogP contribution in [0.15, 0.2) is 24.3 Å². The zero-order valence-electron chi connectivity index (χ0n) is 7.56. The molecule has 0 spiro atoms. The van der Waals surface area contributed by atoms with Gasteiger partial charge in [-0.2, -0.15) is 0 Å². The van der Waals surface area contributed by atoms with E-state index in [9.17, 15) is 9.59 Å². The number of ether oxygens (including phenoxy) is 2. The van der Waals surface area contributed by atoms with Gasteiger partial charge in [-0.25, -0.2) is 9.59 Å². The number of primary amides is 2. The van der Waals surface area contributed by atoms with Gasteiger partial charge < -0.3 is 20.9 Å². The highest BCUT2D eigenvalue weighted by Crippen LogP contribution is 1.96. The molecule has 0 rings (SSSR count). The van der Waals surface area contributed by atoms with E-state index in [1.165, 1.54) is 12.2 Å². The maximum atomic E-state index is 10.2. The summed E-state index contributed by atoms with van der Waals surface area (Å²) in [5, 5.41) is 0. The fraction of sp³-hybridized carbons (Fsp3) is 0.250. The predicted molar refractivity (Wildman–Crippen MR) is 49.4 cm³/mol. The van der Waals surface area contributed by atoms with Crippen LogP contribution in [0.25, 0.3) is 0 Å². The largest absolute Gasteiger partial charge is 0.445 e. The van der Waals surface area contributed by atoms with Gasteiger partial charge in [-0.1, -0.05) is 12.7 Å². The van der Waals surface area contributed by atoms with E-state index in [0.717, 1.165) is 0 Å². The Morgan fingerprint density at radius 1 is 1.21 bits per heavy atom. The summed E-state index contributed by atoms with van der Waals surface area (Å²) in [5.41, 5.74) is 10.0. The molecule has 6 heteroatoms. The van der Waals surface area contributed by atoms with E-state index < -0.39 is 12.2 Å². The molecule has 0 aliphatic carbocycles. The molecule has 0 fully saturated rings. The van der Waals surface area contributed by atoms with E-state index in [1.54, 1.807) is 0 Å². The van der Waals surface area contributed by atoms with Gasteiger partial charge in [0.15, 0.2) is 0 Å². The highest BCUT2D eigenvalue weighted by molar-refractivity contribution is 5.65. The second-order valence-electron chi connectivity index (χ2n) is 2.22. The molecule has 6 nitrogen and oxygen atoms in total. The van der Waals surface area contributed by atoms with Gasteiger partial charge in [-0.3, -0.25) is 0 Å². The average molecular weight is 200 g/mol. The molecule has 0 aromatic carbocycles. The number of carbonyl (C=O) groups excluding carboxylic acids is 2. The summed E-state index contributed by atoms with van der Waals surface area (Å²) in [6, 6.07) is 0. The van der Waals surface area contributed by atoms with Crippen molar-refractivity contribution in [3.63, 3.8) is 0 Å². The summed E-state index contributed by atoms with van der Waals surface area (Å²) in [7, 11) is 0. The maximum absolute atomic E-state index is 10.2. The zero-order valence-corrected chi connectivity index (χ0v) is 7.56. The van der Waals surface area contributed by atoms with Gasteiger partial charge in [0, 0.05) is 0 Å². The van der Waals surface area contributed by atoms with E-state index in [0.29, 0.717) is 5.57 Å². The van der Waals surface area contributed by atoms with Gasteiger partial charge >= 0.3 is 12.2 Å². The summed E-state index contributed by atoms with van der Waals surface area (Å²) < 4.78 is 8.90. The molecule has 0 radical (unpaired) electrons. The molecule has 0 aromatic rings. The standard InChI is InChI=1S/C8H12N2O4/c1-2-6(5-14-8(10)12)3-4-13-7(9)11/h2-3H,1,4-5H2,(H2,9,11)(H2,10,12)/b6-3-. The van der Waals surface area contributed by atoms with Crippen molar-refractivity contribution in [2.75, 3.05) is 13.2 Å². The summed E-state index contributed by atoms with van der Waals surface area (Å²) in [6.07, 6.45) is 1.20. The van der Waals surface area contributed by atoms with Crippen molar-refractivity contribution in [1.82, 2.24) is 0 Å². The Kier molecular flexibility index (Phi) is 5.60. The Balaban J connectivity index is 3.92. The molecule has 0 unspecified atom stereocenters. The van der Waals surface area contributed by atoms with Crippen molar-refractivity contribution >= 4 is 12.2 Å². The lowest BCUT2D eigenvalue weighted by atomic mass is 10.3. The Morgan fingerprint density at radius 2 is 1.79 bits per heavy atom. The molecule has 0 bridgehead atoms. The van der Waals surface area contributed by atoms with E-state index >= 15 is 0 Å². The fourth-order valence-corrected chi connectivity index (χ4v) is 0.586. The fourth-order valence-electron chi connectivity index (χ4n) is 0.586. The third-order valence-electron chi connectivity index (χ3n) is 1.21. The molecule has 14 heavy (non-hydrogen) atoms. The highest BCUT2D eigenvalue weighted by Gasteiger charge is 1.97. The molecule has 0 atom stereocenters. The number of carbonyl (C=O) groups is 2. The van der Waals surface area contributed by atoms with Crippen LogP contribution in [0.4, 0.5) is 9.59 Å². The van der Waals surface area contributed by atoms with Crippen LogP contribution in [0, 0.1) is 0 Å². The minimum atomic E-state index is -0.881. The van der Waals surface area contributed by atoms with Crippen LogP contribution in [0.2, 0.25) is 0 Å². The molecule has 4 N–H and O–H groups in total. The molecule has 0 aliphatic heterocycles. The topological polar surface area (TPSA) is 105 Å². The lowest BCUT2D eigenvalue weighted by Gasteiger charge is -2.02. The van der Waals surface area contributed by atoms with Crippen molar-refractivity contribution in [1.29, 1.82) is 0 Å². The van der Waals surface area contributed by atoms with E-state index in [-0.39, 0.29) is 13.2 Å². The normalized spacial score (nSPS) is 10.4. The van der Waals surface area contributed by atoms with Crippen LogP contribution in [-0.2, 0) is 9.47 Å². The lowest BCUT2D eigenvalue weighted by molar-refractivity contribution is 0.163. The Morgan fingerprint density at radius 3 is 2.21 bits per heavy atom. The first-order chi connectivity index (χ1) is 6.56. The first-order valence-corrected chi connectivity index (χ1v) is 3.72. The molecule has 0 saturated heterocycles. The molecular formula is C8H12N2O4. The van der Waals surface area contributed by atoms with Crippen LogP contribution < -0.4 is 11.5 Å². The zero-order chi connectivity index (χ0) is 11.0. The van der Waals surface area contributed by atoms with Gasteiger partial charge in [-0.05, 0) is 11.6 Å². The smallest absolute Gasteiger partial charge is 0.404 e. The number of nitrogens with two attached hydrogens (primary N) is 2. The first kappa shape index (κ1) is 12.0. The van der Waals surface area contributed by atoms with Crippen LogP contribution in [0.5, 0.6) is 0 Å². The summed E-state index contributed by atoms with van der Waals surface area (Å²) in [4.78, 5) is 20.4. The second-order valence-corrected chi connectivity index (χ2v) is 2.22. The molecule has 0 heterocycles. The average Bonchev–Trinajstić information content (AvgIpc) is 2.10. The second kappa shape index (κ2) is 6.53. The first-order valence-electron chi connectivity index (χ1n) is 3.72. The Hall–Kier alpha value is -1.98. The van der Waals surface area contributed by atoms with Crippen molar-refractivity contribution in [2.45, 2.75) is 0 Å². The molecule has 0 saturated carbocycles. The quantitative estimate of drug-likeness (QED) is 0.622. The number of hydrogen-bond acceptors (Lipinski definition) is 4. The number of rotatable bonds is 5. The van der Waals surface area contributed by atoms with Crippen molar-refractivity contribution < 1.29 is 19.1 Å². The summed E-state index contributed by atoms with van der Waals surface area (Å²) in [5.74, 6) is 0. The van der Waals surface area contributed by atoms with Gasteiger partial charge in [0.1, 0.15) is 13.2 Å². The molecule has 2 amide bonds. The molecule has 0 aliphatic rings. The van der Waals surface area contributed by atoms with Crippen molar-refractivity contribution in [3.8, 4) is 0 Å².